The molecule has 0 heterocycles. The average Bonchev–Trinajstić information content (AvgIpc) is 0.722. The van der Waals surface area contributed by atoms with E-state index in [1.807, 2.05) is 0 Å². The predicted octanol–water partition coefficient (Wildman–Crippen LogP) is -5.14. The Balaban J connectivity index is -0.0000000800. The fourth-order valence-corrected chi connectivity index (χ4v) is 0. The van der Waals surface area contributed by atoms with Crippen molar-refractivity contribution in [3.8, 4) is 0 Å². The monoisotopic (exact) mass is 206 g/mol. The topological polar surface area (TPSA) is 92.2 Å². The number of hydrogen-bond acceptors (Lipinski definition) is 4. The van der Waals surface area contributed by atoms with Gasteiger partial charge in [-0.2, -0.15) is 0 Å². The Hall–Kier alpha value is 1.07. The van der Waals surface area contributed by atoms with Crippen molar-refractivity contribution >= 4 is 9.05 Å². The third kappa shape index (κ3) is 159. The van der Waals surface area contributed by atoms with Gasteiger partial charge in [-0.25, -0.2) is 0 Å². The van der Waals surface area contributed by atoms with Crippen LogP contribution in [0.5, 0.6) is 0 Å². The van der Waals surface area contributed by atoms with Crippen molar-refractivity contribution in [2.45, 2.75) is 0 Å². The maximum Gasteiger partial charge on any atom is 3.00 e. The molecule has 1 radical (unpaired) electrons. The van der Waals surface area contributed by atoms with Crippen molar-refractivity contribution in [2.24, 2.45) is 0 Å². The molecule has 0 rings (SSSR count). The Morgan fingerprint density at radius 3 is 0.857 bits per heavy atom. The van der Waals surface area contributed by atoms with Gasteiger partial charge in [-0.05, 0) is 0 Å². The third-order valence-corrected chi connectivity index (χ3v) is 0. The molecule has 0 saturated heterocycles. The molecule has 0 spiro atoms. The fraction of sp³-hybridized carbons (Fsp3) is 0. The minimum Gasteiger partial charge on any atom is -0.894 e. The van der Waals surface area contributed by atoms with Gasteiger partial charge in [0.2, 0.25) is 0 Å². The molecule has 0 unspecified atom stereocenters. The van der Waals surface area contributed by atoms with Crippen LogP contribution in [0.1, 0.15) is 0 Å². The quantitative estimate of drug-likeness (QED) is 0.371. The van der Waals surface area contributed by atoms with Crippen LogP contribution < -0.4 is 19.2 Å². The second-order valence-corrected chi connectivity index (χ2v) is 1.50. The van der Waals surface area contributed by atoms with Crippen LogP contribution >= 0.6 is 0 Å². The Labute approximate surface area is 62.1 Å². The van der Waals surface area contributed by atoms with E-state index in [0.29, 0.717) is 0 Å². The molecular formula is FeNiO4Si-. The first kappa shape index (κ1) is 15.7. The van der Waals surface area contributed by atoms with E-state index in [-0.39, 0.29) is 33.6 Å². The molecule has 0 aromatic carbocycles. The molecule has 0 bridgehead atoms. The van der Waals surface area contributed by atoms with E-state index in [1.54, 1.807) is 0 Å². The van der Waals surface area contributed by atoms with E-state index in [0.717, 1.165) is 0 Å². The molecule has 0 fully saturated rings. The van der Waals surface area contributed by atoms with Crippen molar-refractivity contribution < 1.29 is 52.7 Å². The minimum absolute atomic E-state index is 0. The maximum atomic E-state index is 8.58. The van der Waals surface area contributed by atoms with Crippen LogP contribution in [0.4, 0.5) is 0 Å². The second kappa shape index (κ2) is 5.21. The van der Waals surface area contributed by atoms with Gasteiger partial charge in [-0.15, -0.1) is 0 Å². The molecule has 7 heteroatoms. The van der Waals surface area contributed by atoms with Crippen LogP contribution in [-0.2, 0) is 33.6 Å². The van der Waals surface area contributed by atoms with Gasteiger partial charge in [0.15, 0.2) is 0 Å². The summed E-state index contributed by atoms with van der Waals surface area (Å²) in [5, 5.41) is 0. The van der Waals surface area contributed by atoms with Crippen LogP contribution in [0.2, 0.25) is 0 Å². The zero-order valence-corrected chi connectivity index (χ0v) is 5.89. The van der Waals surface area contributed by atoms with Crippen LogP contribution in [0.25, 0.3) is 0 Å². The summed E-state index contributed by atoms with van der Waals surface area (Å²) in [6.45, 7) is 0. The van der Waals surface area contributed by atoms with E-state index < -0.39 is 9.05 Å². The summed E-state index contributed by atoms with van der Waals surface area (Å²) in [5.41, 5.74) is 0. The number of rotatable bonds is 0. The van der Waals surface area contributed by atoms with Gasteiger partial charge in [0.25, 0.3) is 0 Å². The zero-order valence-electron chi connectivity index (χ0n) is 2.80. The molecule has 0 aromatic rings. The summed E-state index contributed by atoms with van der Waals surface area (Å²) in [4.78, 5) is 34.3. The van der Waals surface area contributed by atoms with E-state index in [2.05, 4.69) is 0 Å². The standard InChI is InChI=1S/Fe.Ni.O4Si/c;;1-5(2,3)4/q+3;;-4. The summed E-state index contributed by atoms with van der Waals surface area (Å²) in [6.07, 6.45) is 0. The van der Waals surface area contributed by atoms with Crippen molar-refractivity contribution in [3.05, 3.63) is 0 Å². The van der Waals surface area contributed by atoms with E-state index >= 15 is 0 Å². The van der Waals surface area contributed by atoms with Gasteiger partial charge in [-0.3, -0.25) is 0 Å². The van der Waals surface area contributed by atoms with Crippen molar-refractivity contribution in [3.63, 3.8) is 0 Å². The van der Waals surface area contributed by atoms with Gasteiger partial charge >= 0.3 is 17.1 Å². The first-order chi connectivity index (χ1) is 2.00. The zero-order chi connectivity index (χ0) is 4.50. The van der Waals surface area contributed by atoms with Crippen LogP contribution in [0, 0.1) is 0 Å². The van der Waals surface area contributed by atoms with Gasteiger partial charge < -0.3 is 28.2 Å². The molecule has 0 aromatic heterocycles. The van der Waals surface area contributed by atoms with Crippen molar-refractivity contribution in [1.82, 2.24) is 0 Å². The predicted molar refractivity (Wildman–Crippen MR) is 5.75 cm³/mol. The summed E-state index contributed by atoms with van der Waals surface area (Å²) in [5.74, 6) is 0. The molecule has 7 heavy (non-hydrogen) atoms. The normalized spacial score (nSPS) is 8.57. The molecule has 0 saturated carbocycles. The third-order valence-electron chi connectivity index (χ3n) is 0. The van der Waals surface area contributed by atoms with E-state index in [9.17, 15) is 0 Å². The molecule has 0 N–H and O–H groups in total. The average molecular weight is 207 g/mol. The molecule has 0 aliphatic rings. The minimum atomic E-state index is -5.61. The van der Waals surface area contributed by atoms with Gasteiger partial charge in [-0.1, -0.05) is 0 Å². The SMILES string of the molecule is [Fe+3].[Ni].[O-][Si]([O-])([O-])[O-]. The molecule has 0 atom stereocenters. The molecule has 47 valence electrons. The van der Waals surface area contributed by atoms with Gasteiger partial charge in [0, 0.05) is 16.5 Å². The van der Waals surface area contributed by atoms with E-state index in [1.165, 1.54) is 0 Å². The first-order valence-corrected chi connectivity index (χ1v) is 2.45. The largest absolute Gasteiger partial charge is 3.00 e. The molecule has 4 nitrogen and oxygen atoms in total. The summed E-state index contributed by atoms with van der Waals surface area (Å²) >= 11 is 0. The van der Waals surface area contributed by atoms with Gasteiger partial charge in [0.1, 0.15) is 0 Å². The Morgan fingerprint density at radius 1 is 0.857 bits per heavy atom. The summed E-state index contributed by atoms with van der Waals surface area (Å²) in [6, 6.07) is 0. The molecule has 0 amide bonds. The smallest absolute Gasteiger partial charge is 0.894 e. The summed E-state index contributed by atoms with van der Waals surface area (Å²) in [7, 11) is -5.61. The first-order valence-electron chi connectivity index (χ1n) is 0.816. The molecular weight excluding hydrogens is 207 g/mol. The van der Waals surface area contributed by atoms with Crippen LogP contribution in [0.3, 0.4) is 0 Å². The molecule has 0 aliphatic carbocycles. The summed E-state index contributed by atoms with van der Waals surface area (Å²) < 4.78 is 0. The second-order valence-electron chi connectivity index (χ2n) is 0.500. The maximum absolute atomic E-state index is 8.58. The van der Waals surface area contributed by atoms with Crippen LogP contribution in [-0.4, -0.2) is 9.05 Å². The Bertz CT molecular complexity index is 27.2. The fourth-order valence-electron chi connectivity index (χ4n) is 0. The van der Waals surface area contributed by atoms with Crippen molar-refractivity contribution in [1.29, 1.82) is 0 Å². The van der Waals surface area contributed by atoms with Gasteiger partial charge in [0.05, 0.1) is 0 Å². The van der Waals surface area contributed by atoms with E-state index in [4.69, 9.17) is 19.2 Å². The van der Waals surface area contributed by atoms with Crippen molar-refractivity contribution in [2.75, 3.05) is 0 Å². The Kier molecular flexibility index (Phi) is 11.7. The van der Waals surface area contributed by atoms with Crippen LogP contribution in [0.15, 0.2) is 0 Å². The number of hydrogen-bond donors (Lipinski definition) is 0. The Morgan fingerprint density at radius 2 is 0.857 bits per heavy atom. The molecule has 0 aliphatic heterocycles.